The van der Waals surface area contributed by atoms with E-state index in [0.29, 0.717) is 6.54 Å². The summed E-state index contributed by atoms with van der Waals surface area (Å²) in [5.41, 5.74) is -0.296. The molecular weight excluding hydrogens is 301 g/mol. The smallest absolute Gasteiger partial charge is 0.227 e. The molecule has 1 aromatic heterocycles. The van der Waals surface area contributed by atoms with E-state index in [9.17, 15) is 4.79 Å². The number of carbonyl (C=O) groups excluding carboxylic acids is 1. The summed E-state index contributed by atoms with van der Waals surface area (Å²) in [5.74, 6) is 0.901. The largest absolute Gasteiger partial charge is 0.348 e. The standard InChI is InChI=1S/C12H21N5O.2ClH/c1-3-17-9-15-16-10(17)7-14-11(18)12(2)5-4-6-13-8-12;;/h9,13H,3-8H2,1-2H3,(H,14,18);2*1H. The minimum atomic E-state index is -0.296. The Kier molecular flexibility index (Phi) is 8.08. The number of rotatable bonds is 4. The first kappa shape index (κ1) is 19.1. The highest BCUT2D eigenvalue weighted by Gasteiger charge is 2.34. The second-order valence-electron chi connectivity index (χ2n) is 5.06. The van der Waals surface area contributed by atoms with Crippen molar-refractivity contribution in [2.24, 2.45) is 5.41 Å². The van der Waals surface area contributed by atoms with Crippen LogP contribution >= 0.6 is 24.8 Å². The lowest BCUT2D eigenvalue weighted by Gasteiger charge is -2.32. The fourth-order valence-corrected chi connectivity index (χ4v) is 2.30. The molecule has 20 heavy (non-hydrogen) atoms. The van der Waals surface area contributed by atoms with Gasteiger partial charge in [0.15, 0.2) is 5.82 Å². The Hall–Kier alpha value is -0.850. The number of piperidine rings is 1. The third-order valence-electron chi connectivity index (χ3n) is 3.59. The lowest BCUT2D eigenvalue weighted by molar-refractivity contribution is -0.131. The Morgan fingerprint density at radius 2 is 2.30 bits per heavy atom. The summed E-state index contributed by atoms with van der Waals surface area (Å²) < 4.78 is 1.93. The molecule has 1 aliphatic rings. The van der Waals surface area contributed by atoms with E-state index in [1.165, 1.54) is 0 Å². The van der Waals surface area contributed by atoms with E-state index in [-0.39, 0.29) is 36.1 Å². The van der Waals surface area contributed by atoms with Crippen LogP contribution in [0.2, 0.25) is 0 Å². The van der Waals surface area contributed by atoms with E-state index in [0.717, 1.165) is 38.3 Å². The Balaban J connectivity index is 0.00000180. The van der Waals surface area contributed by atoms with Gasteiger partial charge in [-0.2, -0.15) is 0 Å². The SMILES string of the molecule is CCn1cnnc1CNC(=O)C1(C)CCCNC1.Cl.Cl. The van der Waals surface area contributed by atoms with Crippen molar-refractivity contribution in [3.05, 3.63) is 12.2 Å². The third-order valence-corrected chi connectivity index (χ3v) is 3.59. The Labute approximate surface area is 131 Å². The predicted molar refractivity (Wildman–Crippen MR) is 82.2 cm³/mol. The van der Waals surface area contributed by atoms with Crippen LogP contribution in [0.1, 0.15) is 32.5 Å². The first-order valence-corrected chi connectivity index (χ1v) is 6.51. The van der Waals surface area contributed by atoms with Crippen LogP contribution in [0.25, 0.3) is 0 Å². The van der Waals surface area contributed by atoms with Crippen LogP contribution in [-0.2, 0) is 17.9 Å². The summed E-state index contributed by atoms with van der Waals surface area (Å²) in [4.78, 5) is 12.2. The molecule has 0 aromatic carbocycles. The van der Waals surface area contributed by atoms with Crippen molar-refractivity contribution in [2.45, 2.75) is 39.8 Å². The molecule has 2 rings (SSSR count). The maximum atomic E-state index is 12.2. The number of carbonyl (C=O) groups is 1. The van der Waals surface area contributed by atoms with Gasteiger partial charge in [-0.05, 0) is 33.2 Å². The average molecular weight is 324 g/mol. The van der Waals surface area contributed by atoms with Crippen LogP contribution in [0.3, 0.4) is 0 Å². The first-order chi connectivity index (χ1) is 8.65. The molecule has 1 aromatic rings. The second-order valence-corrected chi connectivity index (χ2v) is 5.06. The van der Waals surface area contributed by atoms with Crippen LogP contribution < -0.4 is 10.6 Å². The minimum absolute atomic E-state index is 0. The number of aromatic nitrogens is 3. The molecule has 0 radical (unpaired) electrons. The molecule has 1 atom stereocenters. The Morgan fingerprint density at radius 3 is 2.90 bits per heavy atom. The topological polar surface area (TPSA) is 71.8 Å². The van der Waals surface area contributed by atoms with E-state index in [4.69, 9.17) is 0 Å². The maximum absolute atomic E-state index is 12.2. The summed E-state index contributed by atoms with van der Waals surface area (Å²) in [7, 11) is 0. The zero-order valence-electron chi connectivity index (χ0n) is 11.9. The number of nitrogens with one attached hydrogen (secondary N) is 2. The molecule has 1 unspecified atom stereocenters. The molecule has 0 spiro atoms. The number of nitrogens with zero attached hydrogens (tertiary/aromatic N) is 3. The second kappa shape index (κ2) is 8.44. The molecule has 0 bridgehead atoms. The summed E-state index contributed by atoms with van der Waals surface area (Å²) in [5, 5.41) is 14.1. The van der Waals surface area contributed by atoms with E-state index >= 15 is 0 Å². The monoisotopic (exact) mass is 323 g/mol. The van der Waals surface area contributed by atoms with Crippen LogP contribution in [0.4, 0.5) is 0 Å². The van der Waals surface area contributed by atoms with Crippen molar-refractivity contribution in [1.82, 2.24) is 25.4 Å². The first-order valence-electron chi connectivity index (χ1n) is 6.51. The summed E-state index contributed by atoms with van der Waals surface area (Å²) in [6.45, 7) is 7.06. The number of hydrogen-bond acceptors (Lipinski definition) is 4. The third kappa shape index (κ3) is 4.33. The molecule has 0 aliphatic carbocycles. The molecule has 1 fully saturated rings. The fourth-order valence-electron chi connectivity index (χ4n) is 2.30. The van der Waals surface area contributed by atoms with Crippen molar-refractivity contribution in [3.63, 3.8) is 0 Å². The zero-order chi connectivity index (χ0) is 13.0. The van der Waals surface area contributed by atoms with Gasteiger partial charge in [-0.3, -0.25) is 4.79 Å². The highest BCUT2D eigenvalue weighted by Crippen LogP contribution is 2.25. The zero-order valence-corrected chi connectivity index (χ0v) is 13.5. The molecule has 1 aliphatic heterocycles. The van der Waals surface area contributed by atoms with Crippen LogP contribution in [0.15, 0.2) is 6.33 Å². The molecule has 1 amide bonds. The van der Waals surface area contributed by atoms with Gasteiger partial charge in [0.2, 0.25) is 5.91 Å². The minimum Gasteiger partial charge on any atom is -0.348 e. The number of hydrogen-bond donors (Lipinski definition) is 2. The van der Waals surface area contributed by atoms with Crippen molar-refractivity contribution in [2.75, 3.05) is 13.1 Å². The van der Waals surface area contributed by atoms with Crippen molar-refractivity contribution in [1.29, 1.82) is 0 Å². The van der Waals surface area contributed by atoms with Gasteiger partial charge >= 0.3 is 0 Å². The molecule has 1 saturated heterocycles. The van der Waals surface area contributed by atoms with Gasteiger partial charge < -0.3 is 15.2 Å². The molecule has 2 N–H and O–H groups in total. The summed E-state index contributed by atoms with van der Waals surface area (Å²) in [6.07, 6.45) is 3.67. The van der Waals surface area contributed by atoms with Crippen molar-refractivity contribution in [3.8, 4) is 0 Å². The van der Waals surface area contributed by atoms with E-state index in [1.54, 1.807) is 6.33 Å². The number of halogens is 2. The summed E-state index contributed by atoms with van der Waals surface area (Å²) >= 11 is 0. The van der Waals surface area contributed by atoms with Crippen LogP contribution in [0, 0.1) is 5.41 Å². The highest BCUT2D eigenvalue weighted by molar-refractivity contribution is 5.85. The van der Waals surface area contributed by atoms with E-state index < -0.39 is 0 Å². The van der Waals surface area contributed by atoms with E-state index in [2.05, 4.69) is 20.8 Å². The quantitative estimate of drug-likeness (QED) is 0.871. The number of amides is 1. The Bertz CT molecular complexity index is 418. The lowest BCUT2D eigenvalue weighted by Crippen LogP contribution is -2.48. The van der Waals surface area contributed by atoms with E-state index in [1.807, 2.05) is 18.4 Å². The highest BCUT2D eigenvalue weighted by atomic mass is 35.5. The van der Waals surface area contributed by atoms with Gasteiger partial charge in [0.25, 0.3) is 0 Å². The molecule has 8 heteroatoms. The van der Waals surface area contributed by atoms with Gasteiger partial charge in [0, 0.05) is 13.1 Å². The molecule has 0 saturated carbocycles. The normalized spacial score (nSPS) is 21.5. The molecular formula is C12H23Cl2N5O. The van der Waals surface area contributed by atoms with Gasteiger partial charge in [0.1, 0.15) is 6.33 Å². The van der Waals surface area contributed by atoms with Gasteiger partial charge in [-0.15, -0.1) is 35.0 Å². The maximum Gasteiger partial charge on any atom is 0.227 e. The molecule has 2 heterocycles. The van der Waals surface area contributed by atoms with Gasteiger partial charge in [0.05, 0.1) is 12.0 Å². The number of aryl methyl sites for hydroxylation is 1. The Morgan fingerprint density at radius 1 is 1.55 bits per heavy atom. The predicted octanol–water partition coefficient (Wildman–Crippen LogP) is 1.15. The average Bonchev–Trinajstić information content (AvgIpc) is 2.84. The van der Waals surface area contributed by atoms with Crippen molar-refractivity contribution >= 4 is 30.7 Å². The van der Waals surface area contributed by atoms with Gasteiger partial charge in [-0.1, -0.05) is 0 Å². The molecule has 116 valence electrons. The van der Waals surface area contributed by atoms with Crippen LogP contribution in [0.5, 0.6) is 0 Å². The van der Waals surface area contributed by atoms with Gasteiger partial charge in [-0.25, -0.2) is 0 Å². The van der Waals surface area contributed by atoms with Crippen LogP contribution in [-0.4, -0.2) is 33.8 Å². The molecule has 6 nitrogen and oxygen atoms in total. The summed E-state index contributed by atoms with van der Waals surface area (Å²) in [6, 6.07) is 0. The lowest BCUT2D eigenvalue weighted by atomic mass is 9.82. The van der Waals surface area contributed by atoms with Crippen molar-refractivity contribution < 1.29 is 4.79 Å². The fraction of sp³-hybridized carbons (Fsp3) is 0.750.